The van der Waals surface area contributed by atoms with Crippen molar-refractivity contribution in [1.29, 1.82) is 0 Å². The van der Waals surface area contributed by atoms with Crippen LogP contribution in [0.5, 0.6) is 0 Å². The maximum atomic E-state index is 13.2. The minimum atomic E-state index is -0.482. The van der Waals surface area contributed by atoms with Gasteiger partial charge in [-0.3, -0.25) is 19.8 Å². The van der Waals surface area contributed by atoms with Crippen LogP contribution in [0.15, 0.2) is 48.0 Å². The number of nitrogens with zero attached hydrogens (tertiary/aromatic N) is 2. The number of carbonyl (C=O) groups is 2. The van der Waals surface area contributed by atoms with E-state index in [2.05, 4.69) is 10.2 Å². The Labute approximate surface area is 181 Å². The molecule has 0 saturated carbocycles. The molecule has 2 heterocycles. The normalized spacial score (nSPS) is 18.7. The van der Waals surface area contributed by atoms with Crippen molar-refractivity contribution in [3.8, 4) is 0 Å². The molecule has 4 rings (SSSR count). The van der Waals surface area contributed by atoms with Gasteiger partial charge in [-0.15, -0.1) is 0 Å². The first-order valence-electron chi connectivity index (χ1n) is 9.86. The summed E-state index contributed by atoms with van der Waals surface area (Å²) in [7, 11) is 0. The van der Waals surface area contributed by atoms with E-state index < -0.39 is 11.8 Å². The predicted molar refractivity (Wildman–Crippen MR) is 122 cm³/mol. The summed E-state index contributed by atoms with van der Waals surface area (Å²) in [4.78, 5) is 29.4. The number of amides is 2. The minimum Gasteiger partial charge on any atom is -0.378 e. The van der Waals surface area contributed by atoms with Crippen LogP contribution in [0.25, 0.3) is 6.08 Å². The van der Waals surface area contributed by atoms with Gasteiger partial charge < -0.3 is 9.64 Å². The zero-order chi connectivity index (χ0) is 21.3. The van der Waals surface area contributed by atoms with Crippen LogP contribution in [0.4, 0.5) is 11.4 Å². The minimum absolute atomic E-state index is 0.0605. The van der Waals surface area contributed by atoms with E-state index in [0.29, 0.717) is 18.9 Å². The molecule has 2 amide bonds. The average Bonchev–Trinajstić information content (AvgIpc) is 2.73. The second kappa shape index (κ2) is 8.38. The number of thiocarbonyl (C=S) groups is 1. The van der Waals surface area contributed by atoms with E-state index in [1.165, 1.54) is 4.90 Å². The van der Waals surface area contributed by atoms with Crippen molar-refractivity contribution in [2.24, 2.45) is 0 Å². The Kier molecular flexibility index (Phi) is 5.65. The van der Waals surface area contributed by atoms with E-state index in [1.54, 1.807) is 6.08 Å². The van der Waals surface area contributed by atoms with Crippen molar-refractivity contribution < 1.29 is 14.3 Å². The van der Waals surface area contributed by atoms with Crippen LogP contribution in [-0.2, 0) is 14.3 Å². The van der Waals surface area contributed by atoms with Crippen LogP contribution in [0.3, 0.4) is 0 Å². The molecule has 7 heteroatoms. The number of morpholine rings is 1. The third-order valence-corrected chi connectivity index (χ3v) is 5.63. The first-order chi connectivity index (χ1) is 14.5. The van der Waals surface area contributed by atoms with Crippen molar-refractivity contribution >= 4 is 46.6 Å². The van der Waals surface area contributed by atoms with Gasteiger partial charge >= 0.3 is 0 Å². The highest BCUT2D eigenvalue weighted by atomic mass is 32.1. The van der Waals surface area contributed by atoms with Crippen molar-refractivity contribution in [2.45, 2.75) is 13.8 Å². The van der Waals surface area contributed by atoms with Crippen molar-refractivity contribution in [1.82, 2.24) is 5.32 Å². The van der Waals surface area contributed by atoms with Gasteiger partial charge in [0.15, 0.2) is 5.11 Å². The summed E-state index contributed by atoms with van der Waals surface area (Å²) in [6, 6.07) is 13.4. The number of hydrogen-bond acceptors (Lipinski definition) is 5. The van der Waals surface area contributed by atoms with Gasteiger partial charge in [0, 0.05) is 18.8 Å². The number of para-hydroxylation sites is 1. The van der Waals surface area contributed by atoms with Crippen molar-refractivity contribution in [2.75, 3.05) is 36.1 Å². The Bertz CT molecular complexity index is 1060. The van der Waals surface area contributed by atoms with Crippen LogP contribution in [0.2, 0.25) is 0 Å². The van der Waals surface area contributed by atoms with E-state index in [9.17, 15) is 9.59 Å². The highest BCUT2D eigenvalue weighted by Crippen LogP contribution is 2.27. The molecule has 0 aromatic heterocycles. The highest BCUT2D eigenvalue weighted by Gasteiger charge is 2.35. The first kappa shape index (κ1) is 20.3. The molecule has 2 saturated heterocycles. The predicted octanol–water partition coefficient (Wildman–Crippen LogP) is 2.97. The Morgan fingerprint density at radius 3 is 2.43 bits per heavy atom. The lowest BCUT2D eigenvalue weighted by Gasteiger charge is -2.30. The van der Waals surface area contributed by atoms with Crippen LogP contribution in [0.1, 0.15) is 16.7 Å². The fourth-order valence-electron chi connectivity index (χ4n) is 3.78. The topological polar surface area (TPSA) is 61.9 Å². The maximum absolute atomic E-state index is 13.2. The molecule has 2 aliphatic heterocycles. The third-order valence-electron chi connectivity index (χ3n) is 5.34. The van der Waals surface area contributed by atoms with Crippen LogP contribution in [-0.4, -0.2) is 43.2 Å². The number of ether oxygens (including phenoxy) is 1. The van der Waals surface area contributed by atoms with Gasteiger partial charge in [-0.05, 0) is 67.0 Å². The van der Waals surface area contributed by atoms with E-state index in [0.717, 1.165) is 35.5 Å². The molecule has 0 atom stereocenters. The summed E-state index contributed by atoms with van der Waals surface area (Å²) in [5.41, 5.74) is 4.64. The molecule has 30 heavy (non-hydrogen) atoms. The number of aryl methyl sites for hydroxylation is 2. The van der Waals surface area contributed by atoms with E-state index in [-0.39, 0.29) is 10.7 Å². The van der Waals surface area contributed by atoms with Gasteiger partial charge in [0.2, 0.25) is 0 Å². The number of nitrogens with one attached hydrogen (secondary N) is 1. The standard InChI is InChI=1S/C23H23N3O3S/c1-15-5-3-4-6-20(15)26-22(28)18(21(27)24-23(26)30)14-17-7-8-19(16(2)13-17)25-9-11-29-12-10-25/h3-8,13-14H,9-12H2,1-2H3,(H,24,27,30)/b18-14+. The van der Waals surface area contributed by atoms with E-state index >= 15 is 0 Å². The van der Waals surface area contributed by atoms with Gasteiger partial charge in [-0.1, -0.05) is 24.3 Å². The molecule has 154 valence electrons. The summed E-state index contributed by atoms with van der Waals surface area (Å²) < 4.78 is 5.42. The molecule has 6 nitrogen and oxygen atoms in total. The van der Waals surface area contributed by atoms with Crippen LogP contribution >= 0.6 is 12.2 Å². The molecule has 2 aliphatic rings. The molecule has 2 aromatic carbocycles. The number of rotatable bonds is 3. The molecule has 0 bridgehead atoms. The van der Waals surface area contributed by atoms with Crippen LogP contribution in [0, 0.1) is 13.8 Å². The largest absolute Gasteiger partial charge is 0.378 e. The van der Waals surface area contributed by atoms with E-state index in [1.807, 2.05) is 56.3 Å². The molecular formula is C23H23N3O3S. The zero-order valence-electron chi connectivity index (χ0n) is 17.0. The summed E-state index contributed by atoms with van der Waals surface area (Å²) in [6.45, 7) is 7.07. The van der Waals surface area contributed by atoms with Gasteiger partial charge in [0.05, 0.1) is 18.9 Å². The second-order valence-electron chi connectivity index (χ2n) is 7.39. The summed E-state index contributed by atoms with van der Waals surface area (Å²) in [6.07, 6.45) is 1.63. The molecule has 0 radical (unpaired) electrons. The first-order valence-corrected chi connectivity index (χ1v) is 10.3. The van der Waals surface area contributed by atoms with Crippen molar-refractivity contribution in [3.63, 3.8) is 0 Å². The Balaban J connectivity index is 1.66. The van der Waals surface area contributed by atoms with E-state index in [4.69, 9.17) is 17.0 Å². The molecular weight excluding hydrogens is 398 g/mol. The fourth-order valence-corrected chi connectivity index (χ4v) is 4.06. The molecule has 2 fully saturated rings. The Hall–Kier alpha value is -3.03. The molecule has 0 aliphatic carbocycles. The SMILES string of the molecule is Cc1cc(/C=C2\C(=O)NC(=S)N(c3ccccc3C)C2=O)ccc1N1CCOCC1. The maximum Gasteiger partial charge on any atom is 0.270 e. The monoisotopic (exact) mass is 421 g/mol. The van der Waals surface area contributed by atoms with Gasteiger partial charge in [-0.25, -0.2) is 0 Å². The third kappa shape index (κ3) is 3.86. The summed E-state index contributed by atoms with van der Waals surface area (Å²) in [5.74, 6) is -0.905. The number of carbonyl (C=O) groups excluding carboxylic acids is 2. The Morgan fingerprint density at radius 2 is 1.73 bits per heavy atom. The smallest absolute Gasteiger partial charge is 0.270 e. The lowest BCUT2D eigenvalue weighted by atomic mass is 10.0. The quantitative estimate of drug-likeness (QED) is 0.469. The van der Waals surface area contributed by atoms with Gasteiger partial charge in [-0.2, -0.15) is 0 Å². The summed E-state index contributed by atoms with van der Waals surface area (Å²) in [5, 5.41) is 2.73. The molecule has 1 N–H and O–H groups in total. The Morgan fingerprint density at radius 1 is 1.00 bits per heavy atom. The molecule has 2 aromatic rings. The fraction of sp³-hybridized carbons (Fsp3) is 0.261. The number of benzene rings is 2. The van der Waals surface area contributed by atoms with Crippen LogP contribution < -0.4 is 15.1 Å². The summed E-state index contributed by atoms with van der Waals surface area (Å²) >= 11 is 5.28. The zero-order valence-corrected chi connectivity index (χ0v) is 17.8. The van der Waals surface area contributed by atoms with Crippen molar-refractivity contribution in [3.05, 3.63) is 64.7 Å². The average molecular weight is 422 g/mol. The lowest BCUT2D eigenvalue weighted by molar-refractivity contribution is -0.122. The van der Waals surface area contributed by atoms with Gasteiger partial charge in [0.25, 0.3) is 11.8 Å². The lowest BCUT2D eigenvalue weighted by Crippen LogP contribution is -2.54. The molecule has 0 unspecified atom stereocenters. The number of anilines is 2. The second-order valence-corrected chi connectivity index (χ2v) is 7.78. The molecule has 0 spiro atoms. The number of hydrogen-bond donors (Lipinski definition) is 1. The van der Waals surface area contributed by atoms with Gasteiger partial charge in [0.1, 0.15) is 5.57 Å². The highest BCUT2D eigenvalue weighted by molar-refractivity contribution is 7.80.